The molecule has 0 bridgehead atoms. The Kier molecular flexibility index (Phi) is 2.59. The first kappa shape index (κ1) is 12.2. The second-order valence-electron chi connectivity index (χ2n) is 4.70. The van der Waals surface area contributed by atoms with Gasteiger partial charge in [0.1, 0.15) is 11.1 Å². The molecule has 21 heavy (non-hydrogen) atoms. The van der Waals surface area contributed by atoms with E-state index in [9.17, 15) is 4.79 Å². The maximum atomic E-state index is 12.5. The molecule has 0 aromatic heterocycles. The van der Waals surface area contributed by atoms with Crippen molar-refractivity contribution in [3.63, 3.8) is 0 Å². The zero-order chi connectivity index (χ0) is 14.4. The molecule has 2 aromatic carbocycles. The minimum atomic E-state index is -0.207. The maximum absolute atomic E-state index is 12.5. The van der Waals surface area contributed by atoms with Gasteiger partial charge < -0.3 is 4.42 Å². The van der Waals surface area contributed by atoms with E-state index in [1.165, 1.54) is 4.68 Å². The summed E-state index contributed by atoms with van der Waals surface area (Å²) in [6, 6.07) is 16.3. The lowest BCUT2D eigenvalue weighted by Crippen LogP contribution is -2.14. The third-order valence-corrected chi connectivity index (χ3v) is 3.59. The van der Waals surface area contributed by atoms with Crippen LogP contribution in [0.5, 0.6) is 0 Å². The number of rotatable bonds is 1. The van der Waals surface area contributed by atoms with Gasteiger partial charge in [-0.3, -0.25) is 4.79 Å². The number of nitrogens with zero attached hydrogens (tertiary/aromatic N) is 2. The molecule has 0 atom stereocenters. The molecule has 0 N–H and O–H groups in total. The summed E-state index contributed by atoms with van der Waals surface area (Å²) in [5, 5.41) is 5.74. The molecule has 0 saturated carbocycles. The van der Waals surface area contributed by atoms with E-state index >= 15 is 0 Å². The molecular formula is C16H9ClN2O2. The van der Waals surface area contributed by atoms with Gasteiger partial charge in [-0.2, -0.15) is 4.68 Å². The first-order chi connectivity index (χ1) is 10.2. The lowest BCUT2D eigenvalue weighted by Gasteiger charge is -1.98. The van der Waals surface area contributed by atoms with Crippen molar-refractivity contribution in [1.29, 1.82) is 0 Å². The van der Waals surface area contributed by atoms with Crippen LogP contribution >= 0.6 is 11.6 Å². The van der Waals surface area contributed by atoms with Gasteiger partial charge in [-0.05, 0) is 36.4 Å². The SMILES string of the molecule is O=c1c2cc3ccccc3oc-2nn1-c1ccc(Cl)cc1. The van der Waals surface area contributed by atoms with Gasteiger partial charge in [0, 0.05) is 10.4 Å². The first-order valence-electron chi connectivity index (χ1n) is 6.40. The quantitative estimate of drug-likeness (QED) is 0.537. The summed E-state index contributed by atoms with van der Waals surface area (Å²) in [4.78, 5) is 12.5. The van der Waals surface area contributed by atoms with E-state index < -0.39 is 0 Å². The average Bonchev–Trinajstić information content (AvgIpc) is 2.82. The summed E-state index contributed by atoms with van der Waals surface area (Å²) in [7, 11) is 0. The van der Waals surface area contributed by atoms with Gasteiger partial charge in [-0.15, -0.1) is 5.10 Å². The normalized spacial score (nSPS) is 11.3. The van der Waals surface area contributed by atoms with Gasteiger partial charge in [-0.1, -0.05) is 29.8 Å². The highest BCUT2D eigenvalue weighted by atomic mass is 35.5. The average molecular weight is 297 g/mol. The molecule has 2 heterocycles. The molecule has 0 unspecified atom stereocenters. The fourth-order valence-corrected chi connectivity index (χ4v) is 2.43. The molecule has 4 nitrogen and oxygen atoms in total. The Bertz CT molecular complexity index is 970. The minimum absolute atomic E-state index is 0.207. The summed E-state index contributed by atoms with van der Waals surface area (Å²) in [6.07, 6.45) is 0. The van der Waals surface area contributed by atoms with E-state index in [2.05, 4.69) is 5.10 Å². The monoisotopic (exact) mass is 296 g/mol. The van der Waals surface area contributed by atoms with Crippen LogP contribution in [0.1, 0.15) is 0 Å². The molecule has 2 aromatic rings. The Balaban J connectivity index is 2.01. The zero-order valence-electron chi connectivity index (χ0n) is 10.8. The number of hydrogen-bond donors (Lipinski definition) is 0. The Morgan fingerprint density at radius 1 is 1.05 bits per heavy atom. The van der Waals surface area contributed by atoms with Crippen LogP contribution in [-0.4, -0.2) is 9.78 Å². The summed E-state index contributed by atoms with van der Waals surface area (Å²) in [5.74, 6) is 0.327. The van der Waals surface area contributed by atoms with Crippen LogP contribution in [-0.2, 0) is 0 Å². The van der Waals surface area contributed by atoms with Gasteiger partial charge >= 0.3 is 0 Å². The molecule has 5 heteroatoms. The van der Waals surface area contributed by atoms with Gasteiger partial charge in [0.2, 0.25) is 5.89 Å². The Morgan fingerprint density at radius 2 is 1.81 bits per heavy atom. The fourth-order valence-electron chi connectivity index (χ4n) is 2.30. The minimum Gasteiger partial charge on any atom is -0.436 e. The zero-order valence-corrected chi connectivity index (χ0v) is 11.5. The summed E-state index contributed by atoms with van der Waals surface area (Å²) in [5.41, 5.74) is 1.61. The molecule has 0 saturated heterocycles. The van der Waals surface area contributed by atoms with Crippen LogP contribution < -0.4 is 5.56 Å². The molecule has 2 aliphatic rings. The van der Waals surface area contributed by atoms with Crippen LogP contribution in [0.15, 0.2) is 63.8 Å². The second-order valence-corrected chi connectivity index (χ2v) is 5.13. The molecule has 0 spiro atoms. The summed E-state index contributed by atoms with van der Waals surface area (Å²) in [6.45, 7) is 0. The van der Waals surface area contributed by atoms with E-state index in [0.29, 0.717) is 27.7 Å². The van der Waals surface area contributed by atoms with Crippen molar-refractivity contribution in [2.75, 3.05) is 0 Å². The van der Waals surface area contributed by atoms with E-state index in [1.54, 1.807) is 30.3 Å². The molecule has 0 radical (unpaired) electrons. The smallest absolute Gasteiger partial charge is 0.284 e. The largest absolute Gasteiger partial charge is 0.436 e. The van der Waals surface area contributed by atoms with Gasteiger partial charge in [0.05, 0.1) is 5.69 Å². The van der Waals surface area contributed by atoms with E-state index in [-0.39, 0.29) is 5.56 Å². The second kappa shape index (κ2) is 4.46. The molecule has 2 aliphatic heterocycles. The van der Waals surface area contributed by atoms with Crippen LogP contribution in [0.3, 0.4) is 0 Å². The molecule has 0 fully saturated rings. The third-order valence-electron chi connectivity index (χ3n) is 3.34. The van der Waals surface area contributed by atoms with E-state index in [0.717, 1.165) is 5.39 Å². The number of fused-ring (bicyclic) bond motifs is 2. The number of hydrogen-bond acceptors (Lipinski definition) is 3. The highest BCUT2D eigenvalue weighted by molar-refractivity contribution is 6.30. The number of halogens is 1. The van der Waals surface area contributed by atoms with Crippen molar-refractivity contribution in [2.24, 2.45) is 0 Å². The topological polar surface area (TPSA) is 48.0 Å². The molecule has 0 amide bonds. The summed E-state index contributed by atoms with van der Waals surface area (Å²) >= 11 is 5.86. The van der Waals surface area contributed by atoms with E-state index in [4.69, 9.17) is 16.0 Å². The summed E-state index contributed by atoms with van der Waals surface area (Å²) < 4.78 is 7.02. The molecule has 0 aliphatic carbocycles. The van der Waals surface area contributed by atoms with Crippen molar-refractivity contribution in [2.45, 2.75) is 0 Å². The lowest BCUT2D eigenvalue weighted by atomic mass is 10.2. The number of aromatic nitrogens is 2. The van der Waals surface area contributed by atoms with Crippen LogP contribution in [0.2, 0.25) is 5.02 Å². The van der Waals surface area contributed by atoms with Crippen molar-refractivity contribution in [3.8, 4) is 17.1 Å². The lowest BCUT2D eigenvalue weighted by molar-refractivity contribution is 0.591. The van der Waals surface area contributed by atoms with Crippen molar-refractivity contribution < 1.29 is 4.42 Å². The maximum Gasteiger partial charge on any atom is 0.284 e. The van der Waals surface area contributed by atoms with E-state index in [1.807, 2.05) is 24.3 Å². The van der Waals surface area contributed by atoms with Crippen LogP contribution in [0.25, 0.3) is 28.1 Å². The van der Waals surface area contributed by atoms with Gasteiger partial charge in [0.15, 0.2) is 0 Å². The van der Waals surface area contributed by atoms with Gasteiger partial charge in [-0.25, -0.2) is 0 Å². The number of para-hydroxylation sites is 1. The predicted molar refractivity (Wildman–Crippen MR) is 81.2 cm³/mol. The predicted octanol–water partition coefficient (Wildman–Crippen LogP) is 3.74. The Labute approximate surface area is 124 Å². The van der Waals surface area contributed by atoms with Crippen LogP contribution in [0.4, 0.5) is 0 Å². The number of benzene rings is 2. The standard InChI is InChI=1S/C16H9ClN2O2/c17-11-5-7-12(8-6-11)19-16(20)13-9-10-3-1-2-4-14(10)21-15(13)18-19/h1-9H. The van der Waals surface area contributed by atoms with Gasteiger partial charge in [0.25, 0.3) is 5.56 Å². The highest BCUT2D eigenvalue weighted by Crippen LogP contribution is 2.25. The Hall–Kier alpha value is -2.59. The van der Waals surface area contributed by atoms with Crippen molar-refractivity contribution in [1.82, 2.24) is 9.78 Å². The molecule has 4 rings (SSSR count). The van der Waals surface area contributed by atoms with Crippen molar-refractivity contribution >= 4 is 22.6 Å². The van der Waals surface area contributed by atoms with Crippen molar-refractivity contribution in [3.05, 3.63) is 70.0 Å². The molecular weight excluding hydrogens is 288 g/mol. The van der Waals surface area contributed by atoms with Crippen LogP contribution in [0, 0.1) is 0 Å². The highest BCUT2D eigenvalue weighted by Gasteiger charge is 2.19. The molecule has 102 valence electrons. The third kappa shape index (κ3) is 1.92. The Morgan fingerprint density at radius 3 is 2.62 bits per heavy atom. The first-order valence-corrected chi connectivity index (χ1v) is 6.78. The fraction of sp³-hybridized carbons (Fsp3) is 0.